The first-order valence-electron chi connectivity index (χ1n) is 7.51. The first-order chi connectivity index (χ1) is 11.1. The highest BCUT2D eigenvalue weighted by Crippen LogP contribution is 2.19. The molecule has 1 aromatic heterocycles. The maximum absolute atomic E-state index is 12.4. The zero-order chi connectivity index (χ0) is 16.2. The standard InChI is InChI=1S/C17H18N4O2/c1-12(14-5-3-7-18-11-14)20-16(22)13-4-2-6-15(10-13)21-9-8-19-17(21)23/h2-7,10-12H,8-9H2,1H3,(H,19,23)(H,20,22)/t12-/m0/s1. The minimum absolute atomic E-state index is 0.133. The van der Waals surface area contributed by atoms with Crippen molar-refractivity contribution in [3.8, 4) is 0 Å². The Bertz CT molecular complexity index is 718. The van der Waals surface area contributed by atoms with E-state index in [2.05, 4.69) is 15.6 Å². The van der Waals surface area contributed by atoms with E-state index >= 15 is 0 Å². The van der Waals surface area contributed by atoms with Crippen molar-refractivity contribution in [3.63, 3.8) is 0 Å². The lowest BCUT2D eigenvalue weighted by molar-refractivity contribution is 0.0940. The summed E-state index contributed by atoms with van der Waals surface area (Å²) in [4.78, 5) is 29.8. The van der Waals surface area contributed by atoms with Gasteiger partial charge in [0.1, 0.15) is 0 Å². The summed E-state index contributed by atoms with van der Waals surface area (Å²) in [6.07, 6.45) is 3.43. The molecule has 0 aliphatic carbocycles. The van der Waals surface area contributed by atoms with Crippen molar-refractivity contribution in [2.75, 3.05) is 18.0 Å². The van der Waals surface area contributed by atoms with Gasteiger partial charge < -0.3 is 10.6 Å². The zero-order valence-corrected chi connectivity index (χ0v) is 12.8. The Labute approximate surface area is 134 Å². The van der Waals surface area contributed by atoms with Crippen LogP contribution in [0.25, 0.3) is 0 Å². The van der Waals surface area contributed by atoms with Crippen LogP contribution in [-0.2, 0) is 0 Å². The van der Waals surface area contributed by atoms with Crippen molar-refractivity contribution in [3.05, 3.63) is 59.9 Å². The number of pyridine rings is 1. The van der Waals surface area contributed by atoms with Crippen LogP contribution in [0.1, 0.15) is 28.9 Å². The van der Waals surface area contributed by atoms with Crippen molar-refractivity contribution < 1.29 is 9.59 Å². The topological polar surface area (TPSA) is 74.3 Å². The van der Waals surface area contributed by atoms with Crippen molar-refractivity contribution >= 4 is 17.6 Å². The normalized spacial score (nSPS) is 15.2. The van der Waals surface area contributed by atoms with Gasteiger partial charge in [0.25, 0.3) is 5.91 Å². The molecule has 6 heteroatoms. The third kappa shape index (κ3) is 3.31. The minimum atomic E-state index is -0.178. The van der Waals surface area contributed by atoms with Crippen LogP contribution >= 0.6 is 0 Å². The molecule has 1 saturated heterocycles. The number of hydrogen-bond donors (Lipinski definition) is 2. The second kappa shape index (κ2) is 6.48. The lowest BCUT2D eigenvalue weighted by Crippen LogP contribution is -2.29. The Hall–Kier alpha value is -2.89. The number of carbonyl (C=O) groups is 2. The molecule has 2 aromatic rings. The lowest BCUT2D eigenvalue weighted by Gasteiger charge is -2.17. The molecule has 0 bridgehead atoms. The van der Waals surface area contributed by atoms with E-state index in [4.69, 9.17) is 0 Å². The van der Waals surface area contributed by atoms with Gasteiger partial charge in [0, 0.05) is 36.7 Å². The first kappa shape index (κ1) is 15.0. The molecule has 1 aliphatic rings. The maximum atomic E-state index is 12.4. The summed E-state index contributed by atoms with van der Waals surface area (Å²) in [5, 5.41) is 5.69. The molecule has 23 heavy (non-hydrogen) atoms. The molecule has 0 unspecified atom stereocenters. The number of nitrogens with zero attached hydrogens (tertiary/aromatic N) is 2. The van der Waals surface area contributed by atoms with Gasteiger partial charge in [-0.15, -0.1) is 0 Å². The highest BCUT2D eigenvalue weighted by molar-refractivity contribution is 5.98. The number of amides is 3. The zero-order valence-electron chi connectivity index (χ0n) is 12.8. The molecule has 0 spiro atoms. The summed E-state index contributed by atoms with van der Waals surface area (Å²) in [5.41, 5.74) is 2.19. The average Bonchev–Trinajstić information content (AvgIpc) is 3.02. The molecule has 3 rings (SSSR count). The van der Waals surface area contributed by atoms with Gasteiger partial charge >= 0.3 is 6.03 Å². The first-order valence-corrected chi connectivity index (χ1v) is 7.51. The van der Waals surface area contributed by atoms with Crippen LogP contribution < -0.4 is 15.5 Å². The summed E-state index contributed by atoms with van der Waals surface area (Å²) in [6.45, 7) is 3.13. The predicted molar refractivity (Wildman–Crippen MR) is 87.3 cm³/mol. The Morgan fingerprint density at radius 2 is 2.22 bits per heavy atom. The monoisotopic (exact) mass is 310 g/mol. The molecule has 1 fully saturated rings. The van der Waals surface area contributed by atoms with Crippen LogP contribution in [0.5, 0.6) is 0 Å². The molecule has 6 nitrogen and oxygen atoms in total. The van der Waals surface area contributed by atoms with Crippen molar-refractivity contribution in [1.82, 2.24) is 15.6 Å². The largest absolute Gasteiger partial charge is 0.345 e. The summed E-state index contributed by atoms with van der Waals surface area (Å²) in [7, 11) is 0. The second-order valence-corrected chi connectivity index (χ2v) is 5.42. The maximum Gasteiger partial charge on any atom is 0.321 e. The number of rotatable bonds is 4. The molecule has 1 aliphatic heterocycles. The molecule has 2 N–H and O–H groups in total. The third-order valence-electron chi connectivity index (χ3n) is 3.81. The van der Waals surface area contributed by atoms with Crippen LogP contribution in [0.2, 0.25) is 0 Å². The van der Waals surface area contributed by atoms with E-state index < -0.39 is 0 Å². The Morgan fingerprint density at radius 3 is 2.91 bits per heavy atom. The van der Waals surface area contributed by atoms with Gasteiger partial charge in [0.2, 0.25) is 0 Å². The highest BCUT2D eigenvalue weighted by Gasteiger charge is 2.22. The molecule has 1 atom stereocenters. The van der Waals surface area contributed by atoms with E-state index in [1.165, 1.54) is 0 Å². The number of nitrogens with one attached hydrogen (secondary N) is 2. The van der Waals surface area contributed by atoms with Crippen LogP contribution in [-0.4, -0.2) is 30.0 Å². The van der Waals surface area contributed by atoms with Crippen LogP contribution in [0.15, 0.2) is 48.8 Å². The Morgan fingerprint density at radius 1 is 1.35 bits per heavy atom. The smallest absolute Gasteiger partial charge is 0.321 e. The van der Waals surface area contributed by atoms with E-state index in [1.807, 2.05) is 25.1 Å². The predicted octanol–water partition coefficient (Wildman–Crippen LogP) is 2.10. The fourth-order valence-corrected chi connectivity index (χ4v) is 2.53. The van der Waals surface area contributed by atoms with E-state index in [0.29, 0.717) is 18.7 Å². The van der Waals surface area contributed by atoms with Crippen molar-refractivity contribution in [2.24, 2.45) is 0 Å². The average molecular weight is 310 g/mol. The van der Waals surface area contributed by atoms with Gasteiger partial charge in [-0.2, -0.15) is 0 Å². The molecular formula is C17H18N4O2. The summed E-state index contributed by atoms with van der Waals surface area (Å²) in [5.74, 6) is -0.178. The summed E-state index contributed by atoms with van der Waals surface area (Å²) >= 11 is 0. The van der Waals surface area contributed by atoms with Gasteiger partial charge in [-0.05, 0) is 36.8 Å². The molecule has 3 amide bonds. The second-order valence-electron chi connectivity index (χ2n) is 5.42. The molecule has 118 valence electrons. The highest BCUT2D eigenvalue weighted by atomic mass is 16.2. The van der Waals surface area contributed by atoms with Crippen LogP contribution in [0.4, 0.5) is 10.5 Å². The van der Waals surface area contributed by atoms with Crippen LogP contribution in [0, 0.1) is 0 Å². The third-order valence-corrected chi connectivity index (χ3v) is 3.81. The van der Waals surface area contributed by atoms with E-state index in [1.54, 1.807) is 35.5 Å². The quantitative estimate of drug-likeness (QED) is 0.908. The van der Waals surface area contributed by atoms with Crippen molar-refractivity contribution in [2.45, 2.75) is 13.0 Å². The fraction of sp³-hybridized carbons (Fsp3) is 0.235. The van der Waals surface area contributed by atoms with Gasteiger partial charge in [-0.3, -0.25) is 14.7 Å². The number of benzene rings is 1. The van der Waals surface area contributed by atoms with E-state index in [9.17, 15) is 9.59 Å². The van der Waals surface area contributed by atoms with E-state index in [-0.39, 0.29) is 18.0 Å². The number of anilines is 1. The molecule has 2 heterocycles. The van der Waals surface area contributed by atoms with Gasteiger partial charge in [0.05, 0.1) is 6.04 Å². The van der Waals surface area contributed by atoms with Gasteiger partial charge in [-0.25, -0.2) is 4.79 Å². The molecule has 0 radical (unpaired) electrons. The molecular weight excluding hydrogens is 292 g/mol. The summed E-state index contributed by atoms with van der Waals surface area (Å²) < 4.78 is 0. The SMILES string of the molecule is C[C@H](NC(=O)c1cccc(N2CCNC2=O)c1)c1cccnc1. The minimum Gasteiger partial charge on any atom is -0.345 e. The van der Waals surface area contributed by atoms with Gasteiger partial charge in [0.15, 0.2) is 0 Å². The Kier molecular flexibility index (Phi) is 4.23. The number of hydrogen-bond acceptors (Lipinski definition) is 3. The molecule has 0 saturated carbocycles. The fourth-order valence-electron chi connectivity index (χ4n) is 2.53. The number of urea groups is 1. The lowest BCUT2D eigenvalue weighted by atomic mass is 10.1. The summed E-state index contributed by atoms with van der Waals surface area (Å²) in [6, 6.07) is 10.6. The number of aromatic nitrogens is 1. The van der Waals surface area contributed by atoms with Crippen molar-refractivity contribution in [1.29, 1.82) is 0 Å². The Balaban J connectivity index is 1.74. The van der Waals surface area contributed by atoms with Gasteiger partial charge in [-0.1, -0.05) is 12.1 Å². The number of carbonyl (C=O) groups excluding carboxylic acids is 2. The van der Waals surface area contributed by atoms with Crippen LogP contribution in [0.3, 0.4) is 0 Å². The van der Waals surface area contributed by atoms with E-state index in [0.717, 1.165) is 11.3 Å². The molecule has 1 aromatic carbocycles.